The van der Waals surface area contributed by atoms with Crippen molar-refractivity contribution >= 4 is 0 Å². The van der Waals surface area contributed by atoms with Gasteiger partial charge in [-0.1, -0.05) is 109 Å². The van der Waals surface area contributed by atoms with Gasteiger partial charge < -0.3 is 4.74 Å². The van der Waals surface area contributed by atoms with Crippen LogP contribution in [0.1, 0.15) is 33.4 Å². The van der Waals surface area contributed by atoms with Gasteiger partial charge >= 0.3 is 0 Å². The van der Waals surface area contributed by atoms with Crippen LogP contribution in [-0.4, -0.2) is 0 Å². The van der Waals surface area contributed by atoms with E-state index in [-0.39, 0.29) is 5.41 Å². The zero-order chi connectivity index (χ0) is 21.8. The van der Waals surface area contributed by atoms with Crippen molar-refractivity contribution in [3.63, 3.8) is 0 Å². The first-order valence-corrected chi connectivity index (χ1v) is 11.5. The molecular weight excluding hydrogens is 400 g/mol. The van der Waals surface area contributed by atoms with E-state index in [9.17, 15) is 0 Å². The molecule has 1 heterocycles. The Morgan fingerprint density at radius 3 is 1.76 bits per heavy atom. The summed E-state index contributed by atoms with van der Waals surface area (Å²) in [4.78, 5) is 0. The summed E-state index contributed by atoms with van der Waals surface area (Å²) in [6.45, 7) is 0. The fraction of sp³-hybridized carbons (Fsp3) is 0.0625. The Kier molecular flexibility index (Phi) is 3.89. The number of fused-ring (bicyclic) bond motifs is 9. The summed E-state index contributed by atoms with van der Waals surface area (Å²) in [7, 11) is 0. The molecule has 156 valence electrons. The largest absolute Gasteiger partial charge is 0.457 e. The van der Waals surface area contributed by atoms with Crippen molar-refractivity contribution in [2.75, 3.05) is 0 Å². The zero-order valence-corrected chi connectivity index (χ0v) is 18.2. The number of hydrogen-bond donors (Lipinski definition) is 0. The van der Waals surface area contributed by atoms with E-state index < -0.39 is 0 Å². The van der Waals surface area contributed by atoms with Crippen LogP contribution in [0.5, 0.6) is 11.5 Å². The third kappa shape index (κ3) is 2.54. The summed E-state index contributed by atoms with van der Waals surface area (Å²) >= 11 is 0. The van der Waals surface area contributed by atoms with E-state index in [1.54, 1.807) is 0 Å². The minimum atomic E-state index is -0.385. The van der Waals surface area contributed by atoms with Crippen molar-refractivity contribution in [1.82, 2.24) is 0 Å². The standard InChI is InChI=1S/C32H22O/c1-2-10-22(11-3-1)20-23-18-19-25-24-12-4-5-13-26(24)32(29(25)21-23)27-14-6-8-16-30(27)33-31-17-9-7-15-28(31)32/h1-19,21H,20H2. The molecule has 0 fully saturated rings. The van der Waals surface area contributed by atoms with Crippen LogP contribution in [0.3, 0.4) is 0 Å². The molecule has 1 spiro atoms. The van der Waals surface area contributed by atoms with Crippen LogP contribution in [0.25, 0.3) is 11.1 Å². The van der Waals surface area contributed by atoms with Crippen molar-refractivity contribution < 1.29 is 4.74 Å². The van der Waals surface area contributed by atoms with Crippen LogP contribution in [0, 0.1) is 0 Å². The second kappa shape index (κ2) is 6.95. The normalized spacial score (nSPS) is 14.1. The third-order valence-corrected chi connectivity index (χ3v) is 7.16. The van der Waals surface area contributed by atoms with Gasteiger partial charge in [0, 0.05) is 11.1 Å². The molecule has 1 aliphatic carbocycles. The van der Waals surface area contributed by atoms with Crippen LogP contribution in [0.15, 0.2) is 121 Å². The number of ether oxygens (including phenoxy) is 1. The number of benzene rings is 5. The zero-order valence-electron chi connectivity index (χ0n) is 18.2. The van der Waals surface area contributed by atoms with Gasteiger partial charge in [0.1, 0.15) is 11.5 Å². The van der Waals surface area contributed by atoms with Crippen molar-refractivity contribution in [3.05, 3.63) is 155 Å². The van der Waals surface area contributed by atoms with E-state index >= 15 is 0 Å². The second-order valence-electron chi connectivity index (χ2n) is 8.93. The van der Waals surface area contributed by atoms with Gasteiger partial charge in [-0.2, -0.15) is 0 Å². The first-order chi connectivity index (χ1) is 16.4. The van der Waals surface area contributed by atoms with Gasteiger partial charge in [-0.25, -0.2) is 0 Å². The Bertz CT molecular complexity index is 1470. The Hall–Kier alpha value is -4.10. The van der Waals surface area contributed by atoms with E-state index in [4.69, 9.17) is 4.74 Å². The SMILES string of the molecule is c1ccc(Cc2ccc3c(c2)C2(c4ccccc4Oc4ccccc42)c2ccccc2-3)cc1. The Balaban J connectivity index is 1.56. The lowest BCUT2D eigenvalue weighted by Crippen LogP contribution is -2.32. The molecule has 0 atom stereocenters. The minimum absolute atomic E-state index is 0.385. The van der Waals surface area contributed by atoms with Gasteiger partial charge in [-0.3, -0.25) is 0 Å². The highest BCUT2D eigenvalue weighted by atomic mass is 16.5. The molecule has 0 radical (unpaired) electrons. The second-order valence-corrected chi connectivity index (χ2v) is 8.93. The maximum absolute atomic E-state index is 6.42. The maximum Gasteiger partial charge on any atom is 0.132 e. The van der Waals surface area contributed by atoms with Crippen molar-refractivity contribution in [2.24, 2.45) is 0 Å². The van der Waals surface area contributed by atoms with E-state index in [1.165, 1.54) is 44.5 Å². The van der Waals surface area contributed by atoms with Crippen LogP contribution < -0.4 is 4.74 Å². The fourth-order valence-electron chi connectivity index (χ4n) is 5.84. The third-order valence-electron chi connectivity index (χ3n) is 7.16. The molecule has 0 bridgehead atoms. The summed E-state index contributed by atoms with van der Waals surface area (Å²) in [5.41, 5.74) is 10.0. The number of para-hydroxylation sites is 2. The highest BCUT2D eigenvalue weighted by Gasteiger charge is 2.50. The first kappa shape index (κ1) is 18.5. The highest BCUT2D eigenvalue weighted by Crippen LogP contribution is 2.61. The molecule has 2 aliphatic rings. The van der Waals surface area contributed by atoms with Crippen LogP contribution in [0.4, 0.5) is 0 Å². The predicted octanol–water partition coefficient (Wildman–Crippen LogP) is 7.75. The molecule has 5 aromatic rings. The first-order valence-electron chi connectivity index (χ1n) is 11.5. The molecule has 33 heavy (non-hydrogen) atoms. The molecule has 7 rings (SSSR count). The van der Waals surface area contributed by atoms with E-state index in [1.807, 2.05) is 0 Å². The summed E-state index contributed by atoms with van der Waals surface area (Å²) in [5, 5.41) is 0. The van der Waals surface area contributed by atoms with Crippen LogP contribution in [-0.2, 0) is 11.8 Å². The molecule has 0 aromatic heterocycles. The summed E-state index contributed by atoms with van der Waals surface area (Å²) < 4.78 is 6.42. The molecule has 0 unspecified atom stereocenters. The van der Waals surface area contributed by atoms with Gasteiger partial charge in [0.2, 0.25) is 0 Å². The van der Waals surface area contributed by atoms with Gasteiger partial charge in [0.25, 0.3) is 0 Å². The highest BCUT2D eigenvalue weighted by molar-refractivity contribution is 5.88. The lowest BCUT2D eigenvalue weighted by atomic mass is 9.66. The number of rotatable bonds is 2. The average Bonchev–Trinajstić information content (AvgIpc) is 3.15. The molecule has 1 nitrogen and oxygen atoms in total. The fourth-order valence-corrected chi connectivity index (χ4v) is 5.84. The van der Waals surface area contributed by atoms with Gasteiger partial charge in [-0.15, -0.1) is 0 Å². The molecule has 0 amide bonds. The molecule has 1 aliphatic heterocycles. The minimum Gasteiger partial charge on any atom is -0.457 e. The molecule has 0 N–H and O–H groups in total. The lowest BCUT2D eigenvalue weighted by Gasteiger charge is -2.39. The maximum atomic E-state index is 6.42. The van der Waals surface area contributed by atoms with Gasteiger partial charge in [0.15, 0.2) is 0 Å². The van der Waals surface area contributed by atoms with Gasteiger partial charge in [0.05, 0.1) is 5.41 Å². The summed E-state index contributed by atoms with van der Waals surface area (Å²) in [6, 6.07) is 43.7. The molecular formula is C32H22O. The Labute approximate surface area is 193 Å². The molecule has 0 saturated heterocycles. The predicted molar refractivity (Wildman–Crippen MR) is 133 cm³/mol. The van der Waals surface area contributed by atoms with Crippen LogP contribution >= 0.6 is 0 Å². The van der Waals surface area contributed by atoms with E-state index in [2.05, 4.69) is 121 Å². The molecule has 5 aromatic carbocycles. The summed E-state index contributed by atoms with van der Waals surface area (Å²) in [6.07, 6.45) is 0.917. The van der Waals surface area contributed by atoms with Gasteiger partial charge in [-0.05, 0) is 51.9 Å². The smallest absolute Gasteiger partial charge is 0.132 e. The molecule has 0 saturated carbocycles. The van der Waals surface area contributed by atoms with E-state index in [0.717, 1.165) is 17.9 Å². The molecule has 1 heteroatoms. The van der Waals surface area contributed by atoms with Crippen molar-refractivity contribution in [1.29, 1.82) is 0 Å². The quantitative estimate of drug-likeness (QED) is 0.277. The van der Waals surface area contributed by atoms with E-state index in [0.29, 0.717) is 0 Å². The Morgan fingerprint density at radius 2 is 1.03 bits per heavy atom. The van der Waals surface area contributed by atoms with Crippen molar-refractivity contribution in [3.8, 4) is 22.6 Å². The number of hydrogen-bond acceptors (Lipinski definition) is 1. The van der Waals surface area contributed by atoms with Crippen molar-refractivity contribution in [2.45, 2.75) is 11.8 Å². The average molecular weight is 423 g/mol. The lowest BCUT2D eigenvalue weighted by molar-refractivity contribution is 0.436. The summed E-state index contributed by atoms with van der Waals surface area (Å²) in [5.74, 6) is 1.87. The monoisotopic (exact) mass is 422 g/mol. The topological polar surface area (TPSA) is 9.23 Å². The van der Waals surface area contributed by atoms with Crippen LogP contribution in [0.2, 0.25) is 0 Å². The Morgan fingerprint density at radius 1 is 0.455 bits per heavy atom.